The van der Waals surface area contributed by atoms with Gasteiger partial charge in [0.05, 0.1) is 23.8 Å². The zero-order valence-corrected chi connectivity index (χ0v) is 18.8. The Morgan fingerprint density at radius 2 is 2.00 bits per heavy atom. The first-order valence-corrected chi connectivity index (χ1v) is 12.1. The molecule has 2 aromatic heterocycles. The van der Waals surface area contributed by atoms with Crippen molar-refractivity contribution in [2.24, 2.45) is 11.3 Å². The first-order valence-electron chi connectivity index (χ1n) is 11.2. The number of nitrogens with zero attached hydrogens (tertiary/aromatic N) is 2. The Bertz CT molecular complexity index is 1340. The number of imidazole rings is 1. The SMILES string of the molecule is C[C@@]12Cn3cnc(-c4ccc(F)cc4)c3C=C1CCC[C@H]2[C@H](O)c1csc2ccccc12. The molecule has 1 aliphatic heterocycles. The van der Waals surface area contributed by atoms with Gasteiger partial charge in [0.25, 0.3) is 0 Å². The minimum absolute atomic E-state index is 0.130. The number of fused-ring (bicyclic) bond motifs is 3. The molecule has 1 N–H and O–H groups in total. The second-order valence-corrected chi connectivity index (χ2v) is 10.2. The van der Waals surface area contributed by atoms with E-state index < -0.39 is 6.10 Å². The van der Waals surface area contributed by atoms with Gasteiger partial charge in [0.1, 0.15) is 5.82 Å². The lowest BCUT2D eigenvalue weighted by Crippen LogP contribution is -2.42. The molecule has 4 aromatic rings. The van der Waals surface area contributed by atoms with E-state index in [2.05, 4.69) is 52.2 Å². The second kappa shape index (κ2) is 7.39. The van der Waals surface area contributed by atoms with Crippen LogP contribution in [-0.2, 0) is 6.54 Å². The predicted octanol–water partition coefficient (Wildman–Crippen LogP) is 6.84. The van der Waals surface area contributed by atoms with E-state index in [0.29, 0.717) is 0 Å². The molecule has 2 aromatic carbocycles. The summed E-state index contributed by atoms with van der Waals surface area (Å²) < 4.78 is 16.8. The van der Waals surface area contributed by atoms with Gasteiger partial charge in [-0.1, -0.05) is 30.7 Å². The number of aliphatic hydroxyl groups excluding tert-OH is 1. The Hall–Kier alpha value is -2.76. The number of aromatic nitrogens is 2. The fourth-order valence-corrected chi connectivity index (χ4v) is 6.77. The van der Waals surface area contributed by atoms with Crippen molar-refractivity contribution >= 4 is 27.5 Å². The summed E-state index contributed by atoms with van der Waals surface area (Å²) in [5.74, 6) is -0.0943. The summed E-state index contributed by atoms with van der Waals surface area (Å²) in [5.41, 5.74) is 5.23. The summed E-state index contributed by atoms with van der Waals surface area (Å²) in [5, 5.41) is 14.9. The normalized spacial score (nSPS) is 23.5. The van der Waals surface area contributed by atoms with Gasteiger partial charge in [0.15, 0.2) is 0 Å². The van der Waals surface area contributed by atoms with Crippen LogP contribution in [-0.4, -0.2) is 14.7 Å². The topological polar surface area (TPSA) is 38.0 Å². The van der Waals surface area contributed by atoms with Crippen LogP contribution in [0.1, 0.15) is 43.5 Å². The van der Waals surface area contributed by atoms with E-state index in [1.165, 1.54) is 27.8 Å². The maximum atomic E-state index is 13.4. The molecule has 0 bridgehead atoms. The van der Waals surface area contributed by atoms with E-state index in [9.17, 15) is 9.50 Å². The van der Waals surface area contributed by atoms with Crippen molar-refractivity contribution in [2.45, 2.75) is 38.8 Å². The lowest BCUT2D eigenvalue weighted by molar-refractivity contribution is 0.0134. The molecule has 32 heavy (non-hydrogen) atoms. The molecule has 1 aliphatic carbocycles. The Morgan fingerprint density at radius 3 is 2.84 bits per heavy atom. The molecule has 0 radical (unpaired) electrons. The average Bonchev–Trinajstić information content (AvgIpc) is 3.41. The van der Waals surface area contributed by atoms with Gasteiger partial charge in [-0.2, -0.15) is 0 Å². The Morgan fingerprint density at radius 1 is 1.19 bits per heavy atom. The molecule has 3 nitrogen and oxygen atoms in total. The van der Waals surface area contributed by atoms with Crippen LogP contribution in [0.2, 0.25) is 0 Å². The number of hydrogen-bond donors (Lipinski definition) is 1. The van der Waals surface area contributed by atoms with E-state index in [1.54, 1.807) is 23.5 Å². The summed E-state index contributed by atoms with van der Waals surface area (Å²) in [4.78, 5) is 4.68. The third kappa shape index (κ3) is 2.99. The second-order valence-electron chi connectivity index (χ2n) is 9.33. The van der Waals surface area contributed by atoms with Crippen LogP contribution in [0.15, 0.2) is 65.8 Å². The summed E-state index contributed by atoms with van der Waals surface area (Å²) in [6.45, 7) is 3.10. The minimum Gasteiger partial charge on any atom is -0.388 e. The number of allylic oxidation sites excluding steroid dienone is 1. The van der Waals surface area contributed by atoms with Crippen molar-refractivity contribution in [3.05, 3.63) is 82.9 Å². The van der Waals surface area contributed by atoms with E-state index in [-0.39, 0.29) is 17.2 Å². The van der Waals surface area contributed by atoms with Gasteiger partial charge in [-0.05, 0) is 77.9 Å². The Kier molecular flexibility index (Phi) is 4.60. The van der Waals surface area contributed by atoms with Gasteiger partial charge in [-0.25, -0.2) is 9.37 Å². The number of hydrogen-bond acceptors (Lipinski definition) is 3. The van der Waals surface area contributed by atoms with E-state index in [1.807, 2.05) is 6.33 Å². The summed E-state index contributed by atoms with van der Waals surface area (Å²) >= 11 is 1.71. The molecule has 6 rings (SSSR count). The van der Waals surface area contributed by atoms with Gasteiger partial charge in [-0.3, -0.25) is 0 Å². The van der Waals surface area contributed by atoms with Crippen molar-refractivity contribution < 1.29 is 9.50 Å². The number of thiophene rings is 1. The minimum atomic E-state index is -0.499. The largest absolute Gasteiger partial charge is 0.388 e. The molecule has 0 amide bonds. The highest BCUT2D eigenvalue weighted by Crippen LogP contribution is 2.54. The molecule has 0 unspecified atom stereocenters. The van der Waals surface area contributed by atoms with Crippen LogP contribution in [0.25, 0.3) is 27.4 Å². The first-order chi connectivity index (χ1) is 15.5. The van der Waals surface area contributed by atoms with Crippen LogP contribution in [0.4, 0.5) is 4.39 Å². The third-order valence-electron chi connectivity index (χ3n) is 7.53. The Labute approximate surface area is 190 Å². The number of aliphatic hydroxyl groups is 1. The molecule has 3 atom stereocenters. The molecular weight excluding hydrogens is 419 g/mol. The molecule has 3 heterocycles. The van der Waals surface area contributed by atoms with Crippen molar-refractivity contribution in [1.82, 2.24) is 9.55 Å². The summed E-state index contributed by atoms with van der Waals surface area (Å²) in [6, 6.07) is 14.9. The van der Waals surface area contributed by atoms with Crippen molar-refractivity contribution in [3.8, 4) is 11.3 Å². The molecular formula is C27H25FN2OS. The molecule has 0 spiro atoms. The van der Waals surface area contributed by atoms with Gasteiger partial charge >= 0.3 is 0 Å². The Balaban J connectivity index is 1.39. The first kappa shape index (κ1) is 19.9. The molecule has 5 heteroatoms. The third-order valence-corrected chi connectivity index (χ3v) is 8.51. The number of rotatable bonds is 3. The van der Waals surface area contributed by atoms with Gasteiger partial charge < -0.3 is 9.67 Å². The monoisotopic (exact) mass is 444 g/mol. The fourth-order valence-electron chi connectivity index (χ4n) is 5.78. The quantitative estimate of drug-likeness (QED) is 0.376. The van der Waals surface area contributed by atoms with Crippen LogP contribution in [0, 0.1) is 17.2 Å². The van der Waals surface area contributed by atoms with E-state index in [0.717, 1.165) is 48.3 Å². The lowest BCUT2D eigenvalue weighted by atomic mass is 9.60. The van der Waals surface area contributed by atoms with E-state index in [4.69, 9.17) is 0 Å². The van der Waals surface area contributed by atoms with Gasteiger partial charge in [0.2, 0.25) is 0 Å². The predicted molar refractivity (Wildman–Crippen MR) is 128 cm³/mol. The summed E-state index contributed by atoms with van der Waals surface area (Å²) in [7, 11) is 0. The standard InChI is InChI=1S/C27H25FN2OS/c1-27-15-30-16-29-25(17-9-11-19(28)12-10-17)23(30)13-18(27)5-4-7-22(27)26(31)21-14-32-24-8-3-2-6-20(21)24/h2-3,6,8-14,16,22,26,31H,4-5,7,15H2,1H3/t22-,26+,27+/m0/s1. The fraction of sp³-hybridized carbons (Fsp3) is 0.296. The molecule has 1 saturated carbocycles. The molecule has 0 saturated heterocycles. The molecule has 162 valence electrons. The maximum absolute atomic E-state index is 13.4. The lowest BCUT2D eigenvalue weighted by Gasteiger charge is -2.48. The van der Waals surface area contributed by atoms with Crippen LogP contribution in [0.5, 0.6) is 0 Å². The molecule has 1 fully saturated rings. The molecule has 2 aliphatic rings. The number of halogens is 1. The van der Waals surface area contributed by atoms with E-state index >= 15 is 0 Å². The smallest absolute Gasteiger partial charge is 0.123 e. The summed E-state index contributed by atoms with van der Waals surface area (Å²) in [6.07, 6.45) is 6.79. The van der Waals surface area contributed by atoms with Crippen molar-refractivity contribution in [2.75, 3.05) is 0 Å². The maximum Gasteiger partial charge on any atom is 0.123 e. The average molecular weight is 445 g/mol. The van der Waals surface area contributed by atoms with Crippen molar-refractivity contribution in [1.29, 1.82) is 0 Å². The van der Waals surface area contributed by atoms with Crippen LogP contribution < -0.4 is 0 Å². The zero-order valence-electron chi connectivity index (χ0n) is 18.0. The van der Waals surface area contributed by atoms with Gasteiger partial charge in [0, 0.05) is 22.2 Å². The number of benzene rings is 2. The van der Waals surface area contributed by atoms with Crippen molar-refractivity contribution in [3.63, 3.8) is 0 Å². The highest BCUT2D eigenvalue weighted by atomic mass is 32.1. The van der Waals surface area contributed by atoms with Crippen LogP contribution in [0.3, 0.4) is 0 Å². The highest BCUT2D eigenvalue weighted by Gasteiger charge is 2.46. The highest BCUT2D eigenvalue weighted by molar-refractivity contribution is 7.17. The van der Waals surface area contributed by atoms with Gasteiger partial charge in [-0.15, -0.1) is 11.3 Å². The van der Waals surface area contributed by atoms with Crippen LogP contribution >= 0.6 is 11.3 Å². The zero-order chi connectivity index (χ0) is 21.9.